The fraction of sp³-hybridized carbons (Fsp3) is 0.316. The molecule has 0 saturated carbocycles. The molecule has 132 valence electrons. The summed E-state index contributed by atoms with van der Waals surface area (Å²) in [5.41, 5.74) is 0.236. The van der Waals surface area contributed by atoms with E-state index in [0.29, 0.717) is 5.56 Å². The molecule has 1 unspecified atom stereocenters. The van der Waals surface area contributed by atoms with E-state index in [-0.39, 0.29) is 12.1 Å². The summed E-state index contributed by atoms with van der Waals surface area (Å²) in [6.07, 6.45) is 1.68. The number of aromatic nitrogens is 1. The maximum Gasteiger partial charge on any atom is 0.330 e. The van der Waals surface area contributed by atoms with Gasteiger partial charge in [-0.3, -0.25) is 9.59 Å². The van der Waals surface area contributed by atoms with Crippen molar-refractivity contribution in [3.8, 4) is 0 Å². The first-order valence-corrected chi connectivity index (χ1v) is 7.96. The van der Waals surface area contributed by atoms with Gasteiger partial charge in [-0.15, -0.1) is 0 Å². The number of nitrogens with zero attached hydrogens (tertiary/aromatic N) is 1. The maximum absolute atomic E-state index is 12.7. The quantitative estimate of drug-likeness (QED) is 0.842. The van der Waals surface area contributed by atoms with Crippen LogP contribution >= 0.6 is 0 Å². The molecular weight excluding hydrogens is 320 g/mol. The average molecular weight is 342 g/mol. The molecule has 6 heteroatoms. The van der Waals surface area contributed by atoms with Crippen LogP contribution in [0.15, 0.2) is 53.5 Å². The molecule has 25 heavy (non-hydrogen) atoms. The molecule has 0 radical (unpaired) electrons. The molecule has 0 saturated heterocycles. The number of aryl methyl sites for hydroxylation is 1. The third kappa shape index (κ3) is 4.56. The number of carbonyl (C=O) groups is 2. The topological polar surface area (TPSA) is 88.4 Å². The van der Waals surface area contributed by atoms with Crippen LogP contribution in [0.4, 0.5) is 0 Å². The van der Waals surface area contributed by atoms with Crippen LogP contribution in [0.25, 0.3) is 0 Å². The number of nitrogens with one attached hydrogen (secondary N) is 1. The van der Waals surface area contributed by atoms with Crippen LogP contribution in [0.1, 0.15) is 31.0 Å². The minimum absolute atomic E-state index is 0.153. The van der Waals surface area contributed by atoms with Gasteiger partial charge in [0.05, 0.1) is 5.41 Å². The zero-order valence-corrected chi connectivity index (χ0v) is 14.5. The SMILES string of the molecule is Cc1ccc(=O)n(CC(C)(C)C(=O)NC(C(=O)O)c2ccccc2)c1. The lowest BCUT2D eigenvalue weighted by Crippen LogP contribution is -2.44. The van der Waals surface area contributed by atoms with E-state index in [1.165, 1.54) is 10.6 Å². The van der Waals surface area contributed by atoms with Crippen molar-refractivity contribution in [3.05, 3.63) is 70.1 Å². The molecule has 1 atom stereocenters. The molecule has 0 aliphatic rings. The van der Waals surface area contributed by atoms with Gasteiger partial charge in [0, 0.05) is 18.8 Å². The Morgan fingerprint density at radius 2 is 1.80 bits per heavy atom. The van der Waals surface area contributed by atoms with E-state index in [2.05, 4.69) is 5.32 Å². The van der Waals surface area contributed by atoms with Crippen molar-refractivity contribution in [1.82, 2.24) is 9.88 Å². The molecule has 6 nitrogen and oxygen atoms in total. The number of carboxylic acid groups (broad SMARTS) is 1. The first-order valence-electron chi connectivity index (χ1n) is 7.96. The zero-order chi connectivity index (χ0) is 18.6. The van der Waals surface area contributed by atoms with E-state index in [0.717, 1.165) is 5.56 Å². The molecule has 2 aromatic rings. The number of carbonyl (C=O) groups excluding carboxylic acids is 1. The van der Waals surface area contributed by atoms with Gasteiger partial charge in [0.15, 0.2) is 6.04 Å². The Morgan fingerprint density at radius 3 is 2.40 bits per heavy atom. The molecule has 1 amide bonds. The molecule has 2 rings (SSSR count). The van der Waals surface area contributed by atoms with Crippen LogP contribution in [-0.2, 0) is 16.1 Å². The van der Waals surface area contributed by atoms with E-state index in [4.69, 9.17) is 0 Å². The Hall–Kier alpha value is -2.89. The maximum atomic E-state index is 12.7. The molecular formula is C19H22N2O4. The number of carboxylic acids is 1. The van der Waals surface area contributed by atoms with Crippen molar-refractivity contribution in [3.63, 3.8) is 0 Å². The second kappa shape index (κ2) is 7.34. The fourth-order valence-electron chi connectivity index (χ4n) is 2.53. The minimum Gasteiger partial charge on any atom is -0.479 e. The van der Waals surface area contributed by atoms with Crippen LogP contribution in [0.2, 0.25) is 0 Å². The van der Waals surface area contributed by atoms with Gasteiger partial charge in [-0.05, 0) is 31.9 Å². The lowest BCUT2D eigenvalue weighted by molar-refractivity contribution is -0.143. The molecule has 0 aliphatic heterocycles. The molecule has 2 N–H and O–H groups in total. The predicted octanol–water partition coefficient (Wildman–Crippen LogP) is 2.13. The standard InChI is InChI=1S/C19H22N2O4/c1-13-9-10-15(22)21(11-13)12-19(2,3)18(25)20-16(17(23)24)14-7-5-4-6-8-14/h4-11,16H,12H2,1-3H3,(H,20,25)(H,23,24). The summed E-state index contributed by atoms with van der Waals surface area (Å²) in [7, 11) is 0. The van der Waals surface area contributed by atoms with Crippen LogP contribution in [0.3, 0.4) is 0 Å². The lowest BCUT2D eigenvalue weighted by Gasteiger charge is -2.27. The van der Waals surface area contributed by atoms with Gasteiger partial charge in [-0.25, -0.2) is 4.79 Å². The van der Waals surface area contributed by atoms with Crippen molar-refractivity contribution >= 4 is 11.9 Å². The van der Waals surface area contributed by atoms with E-state index in [1.54, 1.807) is 56.4 Å². The molecule has 1 heterocycles. The van der Waals surface area contributed by atoms with Gasteiger partial charge >= 0.3 is 5.97 Å². The second-order valence-corrected chi connectivity index (χ2v) is 6.71. The van der Waals surface area contributed by atoms with Crippen LogP contribution in [-0.4, -0.2) is 21.6 Å². The highest BCUT2D eigenvalue weighted by Crippen LogP contribution is 2.21. The molecule has 0 aliphatic carbocycles. The number of rotatable bonds is 6. The third-order valence-corrected chi connectivity index (χ3v) is 3.97. The minimum atomic E-state index is -1.14. The molecule has 0 fully saturated rings. The fourth-order valence-corrected chi connectivity index (χ4v) is 2.53. The normalized spacial score (nSPS) is 12.4. The largest absolute Gasteiger partial charge is 0.479 e. The van der Waals surface area contributed by atoms with E-state index < -0.39 is 23.3 Å². The van der Waals surface area contributed by atoms with Crippen LogP contribution in [0, 0.1) is 12.3 Å². The summed E-state index contributed by atoms with van der Waals surface area (Å²) in [6, 6.07) is 10.5. The summed E-state index contributed by atoms with van der Waals surface area (Å²) in [5.74, 6) is -1.57. The summed E-state index contributed by atoms with van der Waals surface area (Å²) in [5, 5.41) is 12.0. The number of hydrogen-bond donors (Lipinski definition) is 2. The van der Waals surface area contributed by atoms with Gasteiger partial charge in [0.2, 0.25) is 5.91 Å². The Kier molecular flexibility index (Phi) is 5.41. The summed E-state index contributed by atoms with van der Waals surface area (Å²) < 4.78 is 1.47. The second-order valence-electron chi connectivity index (χ2n) is 6.71. The van der Waals surface area contributed by atoms with Crippen molar-refractivity contribution < 1.29 is 14.7 Å². The summed E-state index contributed by atoms with van der Waals surface area (Å²) >= 11 is 0. The van der Waals surface area contributed by atoms with E-state index >= 15 is 0 Å². The highest BCUT2D eigenvalue weighted by Gasteiger charge is 2.32. The van der Waals surface area contributed by atoms with Gasteiger partial charge in [-0.2, -0.15) is 0 Å². The smallest absolute Gasteiger partial charge is 0.330 e. The number of benzene rings is 1. The molecule has 0 spiro atoms. The highest BCUT2D eigenvalue weighted by molar-refractivity contribution is 5.87. The lowest BCUT2D eigenvalue weighted by atomic mass is 9.91. The first-order chi connectivity index (χ1) is 11.7. The van der Waals surface area contributed by atoms with Gasteiger partial charge in [0.1, 0.15) is 0 Å². The zero-order valence-electron chi connectivity index (χ0n) is 14.5. The van der Waals surface area contributed by atoms with E-state index in [1.807, 2.05) is 6.92 Å². The van der Waals surface area contributed by atoms with E-state index in [9.17, 15) is 19.5 Å². The molecule has 1 aromatic carbocycles. The number of aliphatic carboxylic acids is 1. The Morgan fingerprint density at radius 1 is 1.16 bits per heavy atom. The Bertz CT molecular complexity index is 825. The number of pyridine rings is 1. The molecule has 0 bridgehead atoms. The van der Waals surface area contributed by atoms with Crippen molar-refractivity contribution in [1.29, 1.82) is 0 Å². The number of amides is 1. The average Bonchev–Trinajstić information content (AvgIpc) is 2.56. The molecule has 1 aromatic heterocycles. The number of hydrogen-bond acceptors (Lipinski definition) is 3. The summed E-state index contributed by atoms with van der Waals surface area (Å²) in [6.45, 7) is 5.38. The van der Waals surface area contributed by atoms with Crippen molar-refractivity contribution in [2.45, 2.75) is 33.4 Å². The van der Waals surface area contributed by atoms with Crippen LogP contribution in [0.5, 0.6) is 0 Å². The third-order valence-electron chi connectivity index (χ3n) is 3.97. The first kappa shape index (κ1) is 18.4. The Labute approximate surface area is 146 Å². The van der Waals surface area contributed by atoms with Gasteiger partial charge in [-0.1, -0.05) is 36.4 Å². The monoisotopic (exact) mass is 342 g/mol. The van der Waals surface area contributed by atoms with Crippen molar-refractivity contribution in [2.75, 3.05) is 0 Å². The predicted molar refractivity (Wildman–Crippen MR) is 94.2 cm³/mol. The summed E-state index contributed by atoms with van der Waals surface area (Å²) in [4.78, 5) is 36.2. The Balaban J connectivity index is 2.21. The van der Waals surface area contributed by atoms with Gasteiger partial charge in [0.25, 0.3) is 5.56 Å². The van der Waals surface area contributed by atoms with Gasteiger partial charge < -0.3 is 15.0 Å². The van der Waals surface area contributed by atoms with Crippen molar-refractivity contribution in [2.24, 2.45) is 5.41 Å². The van der Waals surface area contributed by atoms with Crippen LogP contribution < -0.4 is 10.9 Å². The highest BCUT2D eigenvalue weighted by atomic mass is 16.4.